The lowest BCUT2D eigenvalue weighted by molar-refractivity contribution is 0.924. The van der Waals surface area contributed by atoms with Crippen LogP contribution in [-0.2, 0) is 6.42 Å². The minimum absolute atomic E-state index is 0.427. The maximum absolute atomic E-state index is 5.38. The lowest BCUT2D eigenvalue weighted by Crippen LogP contribution is -2.18. The number of hydrogen-bond acceptors (Lipinski definition) is 6. The number of anilines is 3. The molecule has 0 saturated carbocycles. The monoisotopic (exact) mass is 749 g/mol. The van der Waals surface area contributed by atoms with Gasteiger partial charge in [0.2, 0.25) is 0 Å². The van der Waals surface area contributed by atoms with Crippen LogP contribution < -0.4 is 4.90 Å². The number of nitrogens with zero attached hydrogens (tertiary/aromatic N) is 5. The highest BCUT2D eigenvalue weighted by Gasteiger charge is 2.28. The molecular weight excluding hydrogens is 715 g/mol. The van der Waals surface area contributed by atoms with Crippen molar-refractivity contribution < 1.29 is 0 Å². The van der Waals surface area contributed by atoms with E-state index in [4.69, 9.17) is 19.9 Å². The molecule has 3 heterocycles. The minimum atomic E-state index is 0.427. The summed E-state index contributed by atoms with van der Waals surface area (Å²) in [4.78, 5) is 25.3. The van der Waals surface area contributed by atoms with Crippen LogP contribution in [-0.4, -0.2) is 19.9 Å². The molecule has 2 aromatic heterocycles. The van der Waals surface area contributed by atoms with E-state index >= 15 is 0 Å². The highest BCUT2D eigenvalue weighted by molar-refractivity contribution is 7.99. The van der Waals surface area contributed by atoms with Gasteiger partial charge in [0.1, 0.15) is 11.6 Å². The van der Waals surface area contributed by atoms with Crippen LogP contribution in [0.25, 0.3) is 56.2 Å². The zero-order valence-corrected chi connectivity index (χ0v) is 31.7. The van der Waals surface area contributed by atoms with Gasteiger partial charge in [0.15, 0.2) is 11.6 Å². The molecule has 0 bridgehead atoms. The van der Waals surface area contributed by atoms with Gasteiger partial charge in [-0.15, -0.1) is 0 Å². The van der Waals surface area contributed by atoms with E-state index in [1.54, 1.807) is 11.8 Å². The normalized spacial score (nSPS) is 11.8. The van der Waals surface area contributed by atoms with Crippen molar-refractivity contribution >= 4 is 29.0 Å². The van der Waals surface area contributed by atoms with E-state index in [0.29, 0.717) is 23.9 Å². The largest absolute Gasteiger partial charge is 0.293 e. The Kier molecular flexibility index (Phi) is 9.14. The lowest BCUT2D eigenvalue weighted by atomic mass is 9.93. The summed E-state index contributed by atoms with van der Waals surface area (Å²) in [5.41, 5.74) is 11.8. The molecule has 5 nitrogen and oxygen atoms in total. The first kappa shape index (κ1) is 34.3. The summed E-state index contributed by atoms with van der Waals surface area (Å²) >= 11 is 1.79. The Labute approximate surface area is 336 Å². The zero-order chi connectivity index (χ0) is 38.0. The summed E-state index contributed by atoms with van der Waals surface area (Å²) in [5.74, 6) is 2.78. The summed E-state index contributed by atoms with van der Waals surface area (Å²) in [7, 11) is 0. The van der Waals surface area contributed by atoms with E-state index in [1.165, 1.54) is 9.79 Å². The van der Waals surface area contributed by atoms with E-state index in [1.807, 2.05) is 66.9 Å². The van der Waals surface area contributed by atoms with Gasteiger partial charge in [0, 0.05) is 44.7 Å². The fourth-order valence-electron chi connectivity index (χ4n) is 7.42. The molecule has 10 rings (SSSR count). The third-order valence-electron chi connectivity index (χ3n) is 10.2. The molecule has 57 heavy (non-hydrogen) atoms. The van der Waals surface area contributed by atoms with Crippen molar-refractivity contribution in [2.24, 2.45) is 0 Å². The van der Waals surface area contributed by atoms with Crippen LogP contribution in [0, 0.1) is 0 Å². The average molecular weight is 750 g/mol. The van der Waals surface area contributed by atoms with Crippen LogP contribution in [0.4, 0.5) is 17.2 Å². The second-order valence-electron chi connectivity index (χ2n) is 13.9. The van der Waals surface area contributed by atoms with Crippen LogP contribution >= 0.6 is 11.8 Å². The molecule has 0 N–H and O–H groups in total. The molecule has 1 aliphatic heterocycles. The summed E-state index contributed by atoms with van der Waals surface area (Å²) < 4.78 is 0. The highest BCUT2D eigenvalue weighted by atomic mass is 32.2. The summed E-state index contributed by atoms with van der Waals surface area (Å²) in [6, 6.07) is 67.6. The van der Waals surface area contributed by atoms with Crippen LogP contribution in [0.15, 0.2) is 210 Å². The Hall–Kier alpha value is -7.15. The standard InChI is InChI=1S/C51H35N5S/c1-5-17-35(18-6-1)39-29-40(36-19-7-2-8-20-36)31-41(30-39)43-32-42(51(52-34-43)56-44-25-13-15-27-46(44)57-47-28-16-14-26-45(47)56)33-48-53-49(37-21-9-3-10-22-37)55-50(54-48)38-23-11-4-12-24-38/h1-32,34H,33H2. The Morgan fingerprint density at radius 2 is 0.807 bits per heavy atom. The summed E-state index contributed by atoms with van der Waals surface area (Å²) in [6.45, 7) is 0. The number of para-hydroxylation sites is 2. The summed E-state index contributed by atoms with van der Waals surface area (Å²) in [5, 5.41) is 0. The van der Waals surface area contributed by atoms with Gasteiger partial charge in [-0.05, 0) is 76.3 Å². The third kappa shape index (κ3) is 6.99. The Balaban J connectivity index is 1.18. The number of aromatic nitrogens is 4. The molecule has 0 atom stereocenters. The number of benzene rings is 7. The minimum Gasteiger partial charge on any atom is -0.293 e. The van der Waals surface area contributed by atoms with E-state index in [9.17, 15) is 0 Å². The van der Waals surface area contributed by atoms with Gasteiger partial charge < -0.3 is 0 Å². The molecule has 7 aromatic carbocycles. The maximum atomic E-state index is 5.38. The number of fused-ring (bicyclic) bond motifs is 2. The fourth-order valence-corrected chi connectivity index (χ4v) is 8.47. The molecule has 0 radical (unpaired) electrons. The Morgan fingerprint density at radius 1 is 0.386 bits per heavy atom. The van der Waals surface area contributed by atoms with Crippen molar-refractivity contribution in [2.75, 3.05) is 4.90 Å². The van der Waals surface area contributed by atoms with Gasteiger partial charge in [-0.3, -0.25) is 4.90 Å². The first-order valence-corrected chi connectivity index (χ1v) is 19.8. The van der Waals surface area contributed by atoms with Crippen molar-refractivity contribution in [3.63, 3.8) is 0 Å². The van der Waals surface area contributed by atoms with E-state index < -0.39 is 0 Å². The van der Waals surface area contributed by atoms with Crippen molar-refractivity contribution in [2.45, 2.75) is 16.2 Å². The Morgan fingerprint density at radius 3 is 1.30 bits per heavy atom. The van der Waals surface area contributed by atoms with Crippen LogP contribution in [0.3, 0.4) is 0 Å². The van der Waals surface area contributed by atoms with Crippen molar-refractivity contribution in [1.82, 2.24) is 19.9 Å². The quantitative estimate of drug-likeness (QED) is 0.154. The number of hydrogen-bond donors (Lipinski definition) is 0. The second kappa shape index (κ2) is 15.2. The van der Waals surface area contributed by atoms with Gasteiger partial charge in [0.05, 0.1) is 11.4 Å². The van der Waals surface area contributed by atoms with Gasteiger partial charge in [-0.2, -0.15) is 0 Å². The van der Waals surface area contributed by atoms with Crippen LogP contribution in [0.5, 0.6) is 0 Å². The molecule has 0 amide bonds. The van der Waals surface area contributed by atoms with Crippen LogP contribution in [0.1, 0.15) is 11.4 Å². The predicted molar refractivity (Wildman–Crippen MR) is 233 cm³/mol. The maximum Gasteiger partial charge on any atom is 0.163 e. The predicted octanol–water partition coefficient (Wildman–Crippen LogP) is 13.1. The van der Waals surface area contributed by atoms with Crippen molar-refractivity contribution in [3.05, 3.63) is 212 Å². The zero-order valence-electron chi connectivity index (χ0n) is 30.9. The van der Waals surface area contributed by atoms with Gasteiger partial charge >= 0.3 is 0 Å². The molecule has 0 aliphatic carbocycles. The number of pyridine rings is 1. The molecule has 9 aromatic rings. The lowest BCUT2D eigenvalue weighted by Gasteiger charge is -2.33. The molecular formula is C51H35N5S. The average Bonchev–Trinajstić information content (AvgIpc) is 3.29. The summed E-state index contributed by atoms with van der Waals surface area (Å²) in [6.07, 6.45) is 2.44. The SMILES string of the molecule is c1ccc(-c2cc(-c3ccccc3)cc(-c3cnc(N4c5ccccc5Sc5ccccc54)c(Cc4nc(-c5ccccc5)nc(-c5ccccc5)n4)c3)c2)cc1. The molecule has 0 unspecified atom stereocenters. The molecule has 270 valence electrons. The highest BCUT2D eigenvalue weighted by Crippen LogP contribution is 2.51. The van der Waals surface area contributed by atoms with Gasteiger partial charge in [0.25, 0.3) is 0 Å². The van der Waals surface area contributed by atoms with Gasteiger partial charge in [-0.1, -0.05) is 157 Å². The second-order valence-corrected chi connectivity index (χ2v) is 15.0. The number of rotatable bonds is 8. The van der Waals surface area contributed by atoms with E-state index in [-0.39, 0.29) is 0 Å². The third-order valence-corrected chi connectivity index (χ3v) is 11.3. The molecule has 0 fully saturated rings. The molecule has 0 saturated heterocycles. The first-order chi connectivity index (χ1) is 28.2. The topological polar surface area (TPSA) is 54.8 Å². The van der Waals surface area contributed by atoms with Crippen molar-refractivity contribution in [3.8, 4) is 56.2 Å². The first-order valence-electron chi connectivity index (χ1n) is 19.0. The van der Waals surface area contributed by atoms with Gasteiger partial charge in [-0.25, -0.2) is 19.9 Å². The van der Waals surface area contributed by atoms with Crippen molar-refractivity contribution in [1.29, 1.82) is 0 Å². The molecule has 1 aliphatic rings. The fraction of sp³-hybridized carbons (Fsp3) is 0.0196. The van der Waals surface area contributed by atoms with Crippen LogP contribution in [0.2, 0.25) is 0 Å². The molecule has 0 spiro atoms. The van der Waals surface area contributed by atoms with E-state index in [2.05, 4.69) is 138 Å². The Bertz CT molecular complexity index is 2690. The molecule has 6 heteroatoms. The van der Waals surface area contributed by atoms with E-state index in [0.717, 1.165) is 67.3 Å². The smallest absolute Gasteiger partial charge is 0.163 e.